The molecule has 0 radical (unpaired) electrons. The molecular formula is C22H25ClN4O. The smallest absolute Gasteiger partial charge is 0.112 e. The highest BCUT2D eigenvalue weighted by molar-refractivity contribution is 6.30. The zero-order valence-electron chi connectivity index (χ0n) is 16.3. The molecule has 0 spiro atoms. The van der Waals surface area contributed by atoms with Crippen LogP contribution in [0.5, 0.6) is 0 Å². The Hall–Kier alpha value is -2.21. The maximum atomic E-state index is 6.11. The summed E-state index contributed by atoms with van der Waals surface area (Å²) in [6.45, 7) is 5.47. The van der Waals surface area contributed by atoms with Gasteiger partial charge in [0.05, 0.1) is 18.5 Å². The van der Waals surface area contributed by atoms with Gasteiger partial charge in [-0.3, -0.25) is 14.6 Å². The molecule has 0 N–H and O–H groups in total. The van der Waals surface area contributed by atoms with E-state index in [9.17, 15) is 0 Å². The topological polar surface area (TPSA) is 43.2 Å². The van der Waals surface area contributed by atoms with Crippen molar-refractivity contribution in [2.45, 2.75) is 26.0 Å². The molecule has 1 fully saturated rings. The van der Waals surface area contributed by atoms with Gasteiger partial charge < -0.3 is 4.74 Å². The van der Waals surface area contributed by atoms with E-state index in [2.05, 4.69) is 41.2 Å². The fourth-order valence-corrected chi connectivity index (χ4v) is 3.81. The summed E-state index contributed by atoms with van der Waals surface area (Å²) in [4.78, 5) is 7.29. The largest absolute Gasteiger partial charge is 0.369 e. The first-order valence-corrected chi connectivity index (χ1v) is 9.98. The summed E-state index contributed by atoms with van der Waals surface area (Å²) in [6, 6.07) is 14.1. The molecule has 1 atom stereocenters. The van der Waals surface area contributed by atoms with Crippen LogP contribution >= 0.6 is 11.6 Å². The van der Waals surface area contributed by atoms with Gasteiger partial charge in [0.1, 0.15) is 6.10 Å². The Morgan fingerprint density at radius 2 is 2.07 bits per heavy atom. The van der Waals surface area contributed by atoms with Crippen LogP contribution in [0, 0.1) is 6.92 Å². The van der Waals surface area contributed by atoms with Crippen molar-refractivity contribution < 1.29 is 4.74 Å². The van der Waals surface area contributed by atoms with Gasteiger partial charge in [-0.15, -0.1) is 0 Å². The molecule has 2 aromatic heterocycles. The highest BCUT2D eigenvalue weighted by Crippen LogP contribution is 2.23. The van der Waals surface area contributed by atoms with E-state index in [1.54, 1.807) is 0 Å². The fraction of sp³-hybridized carbons (Fsp3) is 0.364. The summed E-state index contributed by atoms with van der Waals surface area (Å²) in [5.74, 6) is 0. The number of benzene rings is 1. The number of aryl methyl sites for hydroxylation is 1. The van der Waals surface area contributed by atoms with Gasteiger partial charge in [-0.25, -0.2) is 0 Å². The van der Waals surface area contributed by atoms with Crippen molar-refractivity contribution in [3.63, 3.8) is 0 Å². The number of hydrogen-bond donors (Lipinski definition) is 0. The van der Waals surface area contributed by atoms with Crippen molar-refractivity contribution in [3.8, 4) is 0 Å². The normalized spacial score (nSPS) is 17.8. The van der Waals surface area contributed by atoms with Gasteiger partial charge in [-0.05, 0) is 36.8 Å². The van der Waals surface area contributed by atoms with Crippen LogP contribution in [0.15, 0.2) is 48.7 Å². The van der Waals surface area contributed by atoms with Gasteiger partial charge in [-0.2, -0.15) is 5.10 Å². The molecule has 1 unspecified atom stereocenters. The lowest BCUT2D eigenvalue weighted by atomic mass is 10.1. The maximum absolute atomic E-state index is 6.11. The lowest BCUT2D eigenvalue weighted by Gasteiger charge is -2.32. The monoisotopic (exact) mass is 396 g/mol. The van der Waals surface area contributed by atoms with Crippen LogP contribution in [-0.2, 0) is 24.8 Å². The second-order valence-electron chi connectivity index (χ2n) is 7.33. The second-order valence-corrected chi connectivity index (χ2v) is 7.77. The number of halogens is 1. The average Bonchev–Trinajstić information content (AvgIpc) is 3.01. The van der Waals surface area contributed by atoms with Gasteiger partial charge in [0.15, 0.2) is 0 Å². The number of aromatic nitrogens is 3. The number of rotatable bonds is 5. The number of pyridine rings is 1. The van der Waals surface area contributed by atoms with Crippen LogP contribution in [-0.4, -0.2) is 39.4 Å². The van der Waals surface area contributed by atoms with Gasteiger partial charge in [0, 0.05) is 55.1 Å². The van der Waals surface area contributed by atoms with Gasteiger partial charge in [-0.1, -0.05) is 29.8 Å². The predicted molar refractivity (Wildman–Crippen MR) is 110 cm³/mol. The summed E-state index contributed by atoms with van der Waals surface area (Å²) in [7, 11) is 1.98. The molecule has 3 aromatic rings. The zero-order chi connectivity index (χ0) is 19.5. The van der Waals surface area contributed by atoms with Crippen molar-refractivity contribution in [2.24, 2.45) is 7.05 Å². The van der Waals surface area contributed by atoms with Gasteiger partial charge in [0.25, 0.3) is 0 Å². The highest BCUT2D eigenvalue weighted by atomic mass is 35.5. The molecule has 0 amide bonds. The lowest BCUT2D eigenvalue weighted by Crippen LogP contribution is -2.38. The number of nitrogens with zero attached hydrogens (tertiary/aromatic N) is 4. The minimum absolute atomic E-state index is 0.00922. The van der Waals surface area contributed by atoms with Crippen LogP contribution in [0.4, 0.5) is 0 Å². The van der Waals surface area contributed by atoms with Crippen LogP contribution in [0.3, 0.4) is 0 Å². The van der Waals surface area contributed by atoms with Crippen LogP contribution in [0.25, 0.3) is 0 Å². The van der Waals surface area contributed by atoms with E-state index >= 15 is 0 Å². The van der Waals surface area contributed by atoms with Crippen molar-refractivity contribution in [1.29, 1.82) is 0 Å². The standard InChI is InChI=1S/C22H25ClN4O/c1-16-18(13-24-26(16)2)14-27-9-10-28-22(15-27)21-8-4-7-20(25-21)12-17-5-3-6-19(23)11-17/h3-8,11,13,22H,9-10,12,14-15H2,1-2H3. The van der Waals surface area contributed by atoms with E-state index in [0.717, 1.165) is 48.0 Å². The van der Waals surface area contributed by atoms with E-state index in [-0.39, 0.29) is 6.10 Å². The second kappa shape index (κ2) is 8.43. The van der Waals surface area contributed by atoms with Crippen LogP contribution in [0.1, 0.15) is 34.3 Å². The molecule has 4 rings (SSSR count). The zero-order valence-corrected chi connectivity index (χ0v) is 17.1. The fourth-order valence-electron chi connectivity index (χ4n) is 3.60. The van der Waals surface area contributed by atoms with E-state index in [1.807, 2.05) is 36.1 Å². The minimum atomic E-state index is -0.00922. The summed E-state index contributed by atoms with van der Waals surface area (Å²) in [6.07, 6.45) is 2.72. The molecule has 28 heavy (non-hydrogen) atoms. The Balaban J connectivity index is 1.45. The SMILES string of the molecule is Cc1c(CN2CCOC(c3cccc(Cc4cccc(Cl)c4)n3)C2)cnn1C. The van der Waals surface area contributed by atoms with E-state index in [4.69, 9.17) is 21.3 Å². The Morgan fingerprint density at radius 3 is 2.86 bits per heavy atom. The lowest BCUT2D eigenvalue weighted by molar-refractivity contribution is -0.0351. The minimum Gasteiger partial charge on any atom is -0.369 e. The molecule has 1 aliphatic rings. The molecule has 5 nitrogen and oxygen atoms in total. The maximum Gasteiger partial charge on any atom is 0.112 e. The van der Waals surface area contributed by atoms with Crippen molar-refractivity contribution >= 4 is 11.6 Å². The number of hydrogen-bond acceptors (Lipinski definition) is 4. The third kappa shape index (κ3) is 4.43. The molecule has 1 aromatic carbocycles. The molecule has 0 bridgehead atoms. The molecular weight excluding hydrogens is 372 g/mol. The molecule has 0 saturated carbocycles. The first kappa shape index (κ1) is 19.1. The molecule has 0 aliphatic carbocycles. The van der Waals surface area contributed by atoms with Gasteiger partial charge in [0.2, 0.25) is 0 Å². The summed E-state index contributed by atoms with van der Waals surface area (Å²) in [5.41, 5.74) is 5.67. The van der Waals surface area contributed by atoms with Crippen molar-refractivity contribution in [1.82, 2.24) is 19.7 Å². The summed E-state index contributed by atoms with van der Waals surface area (Å²) >= 11 is 6.11. The van der Waals surface area contributed by atoms with Crippen LogP contribution in [0.2, 0.25) is 5.02 Å². The third-order valence-corrected chi connectivity index (χ3v) is 5.55. The average molecular weight is 397 g/mol. The first-order valence-electron chi connectivity index (χ1n) is 9.60. The predicted octanol–water partition coefficient (Wildman–Crippen LogP) is 3.94. The van der Waals surface area contributed by atoms with Crippen molar-refractivity contribution in [2.75, 3.05) is 19.7 Å². The summed E-state index contributed by atoms with van der Waals surface area (Å²) in [5, 5.41) is 5.11. The number of ether oxygens (including phenoxy) is 1. The van der Waals surface area contributed by atoms with Crippen molar-refractivity contribution in [3.05, 3.63) is 81.9 Å². The van der Waals surface area contributed by atoms with Crippen LogP contribution < -0.4 is 0 Å². The van der Waals surface area contributed by atoms with E-state index in [0.29, 0.717) is 6.61 Å². The molecule has 1 saturated heterocycles. The molecule has 1 aliphatic heterocycles. The third-order valence-electron chi connectivity index (χ3n) is 5.31. The highest BCUT2D eigenvalue weighted by Gasteiger charge is 2.24. The van der Waals surface area contributed by atoms with Gasteiger partial charge >= 0.3 is 0 Å². The molecule has 3 heterocycles. The quantitative estimate of drug-likeness (QED) is 0.655. The first-order chi connectivity index (χ1) is 13.6. The van der Waals surface area contributed by atoms with E-state index in [1.165, 1.54) is 11.3 Å². The number of morpholine rings is 1. The Morgan fingerprint density at radius 1 is 1.21 bits per heavy atom. The Kier molecular flexibility index (Phi) is 5.76. The molecule has 146 valence electrons. The Labute approximate surface area is 170 Å². The Bertz CT molecular complexity index is 955. The molecule has 6 heteroatoms. The summed E-state index contributed by atoms with van der Waals surface area (Å²) < 4.78 is 7.97. The van der Waals surface area contributed by atoms with E-state index < -0.39 is 0 Å².